The maximum Gasteiger partial charge on any atom is 0.433 e. The molecule has 2 rings (SSSR count). The fourth-order valence-electron chi connectivity index (χ4n) is 2.14. The molecule has 1 N–H and O–H groups in total. The molecular weight excluding hydrogens is 343 g/mol. The Hall–Kier alpha value is -2.46. The predicted octanol–water partition coefficient (Wildman–Crippen LogP) is 4.81. The first-order valence-corrected chi connectivity index (χ1v) is 7.21. The molecular formula is C16H13ClF3N3O. The number of hydrogen-bond acceptors (Lipinski definition) is 4. The number of benzene rings is 1. The van der Waals surface area contributed by atoms with Gasteiger partial charge in [0.2, 0.25) is 0 Å². The smallest absolute Gasteiger partial charge is 0.433 e. The number of nitriles is 1. The standard InChI is InChI=1S/C16H13ClF3N3O/c1-9(23-13-4-3-10(7-21)5-12(13)17)11-6-15(16(18,19)20)22-8-14(11)24-2/h3-6,8-9,23H,1-2H3/t9-/m0/s1. The molecule has 0 saturated carbocycles. The van der Waals surface area contributed by atoms with Crippen molar-refractivity contribution in [2.24, 2.45) is 0 Å². The second-order valence-electron chi connectivity index (χ2n) is 4.98. The van der Waals surface area contributed by atoms with Crippen molar-refractivity contribution in [3.8, 4) is 11.8 Å². The van der Waals surface area contributed by atoms with Crippen LogP contribution in [0.2, 0.25) is 5.02 Å². The number of nitrogens with one attached hydrogen (secondary N) is 1. The van der Waals surface area contributed by atoms with Crippen molar-refractivity contribution in [3.63, 3.8) is 0 Å². The number of pyridine rings is 1. The molecule has 1 heterocycles. The summed E-state index contributed by atoms with van der Waals surface area (Å²) in [6, 6.07) is 6.99. The molecule has 0 saturated heterocycles. The second kappa shape index (κ2) is 6.97. The van der Waals surface area contributed by atoms with Crippen LogP contribution in [0.1, 0.15) is 29.8 Å². The molecule has 126 valence electrons. The normalized spacial score (nSPS) is 12.4. The van der Waals surface area contributed by atoms with Gasteiger partial charge in [0, 0.05) is 5.56 Å². The van der Waals surface area contributed by atoms with Gasteiger partial charge >= 0.3 is 6.18 Å². The average molecular weight is 356 g/mol. The van der Waals surface area contributed by atoms with Crippen LogP contribution in [0.5, 0.6) is 5.75 Å². The molecule has 1 atom stereocenters. The highest BCUT2D eigenvalue weighted by molar-refractivity contribution is 6.33. The van der Waals surface area contributed by atoms with E-state index in [-0.39, 0.29) is 5.75 Å². The Bertz CT molecular complexity index is 787. The Morgan fingerprint density at radius 1 is 1.33 bits per heavy atom. The molecule has 1 aromatic heterocycles. The lowest BCUT2D eigenvalue weighted by atomic mass is 10.1. The molecule has 1 aromatic carbocycles. The van der Waals surface area contributed by atoms with Gasteiger partial charge in [0.1, 0.15) is 11.4 Å². The van der Waals surface area contributed by atoms with Crippen LogP contribution in [-0.4, -0.2) is 12.1 Å². The molecule has 0 fully saturated rings. The lowest BCUT2D eigenvalue weighted by Crippen LogP contribution is -2.13. The monoisotopic (exact) mass is 355 g/mol. The minimum absolute atomic E-state index is 0.229. The van der Waals surface area contributed by atoms with Crippen LogP contribution in [0.15, 0.2) is 30.5 Å². The van der Waals surface area contributed by atoms with Crippen molar-refractivity contribution in [3.05, 3.63) is 52.3 Å². The summed E-state index contributed by atoms with van der Waals surface area (Å²) < 4.78 is 43.7. The highest BCUT2D eigenvalue weighted by Gasteiger charge is 2.33. The van der Waals surface area contributed by atoms with Crippen LogP contribution >= 0.6 is 11.6 Å². The largest absolute Gasteiger partial charge is 0.495 e. The first-order chi connectivity index (χ1) is 11.3. The number of alkyl halides is 3. The summed E-state index contributed by atoms with van der Waals surface area (Å²) in [4.78, 5) is 3.37. The van der Waals surface area contributed by atoms with Crippen LogP contribution in [0.4, 0.5) is 18.9 Å². The minimum atomic E-state index is -4.55. The van der Waals surface area contributed by atoms with E-state index in [1.54, 1.807) is 19.1 Å². The Morgan fingerprint density at radius 2 is 2.04 bits per heavy atom. The SMILES string of the molecule is COc1cnc(C(F)(F)F)cc1[C@H](C)Nc1ccc(C#N)cc1Cl. The first kappa shape index (κ1) is 17.9. The molecule has 0 amide bonds. The molecule has 2 aromatic rings. The number of nitrogens with zero attached hydrogens (tertiary/aromatic N) is 2. The summed E-state index contributed by atoms with van der Waals surface area (Å²) in [5, 5.41) is 12.1. The summed E-state index contributed by atoms with van der Waals surface area (Å²) in [5.74, 6) is 0.229. The van der Waals surface area contributed by atoms with E-state index in [1.165, 1.54) is 13.2 Å². The fraction of sp³-hybridized carbons (Fsp3) is 0.250. The third-order valence-corrected chi connectivity index (χ3v) is 3.66. The summed E-state index contributed by atoms with van der Waals surface area (Å²) >= 11 is 6.08. The molecule has 0 bridgehead atoms. The first-order valence-electron chi connectivity index (χ1n) is 6.83. The van der Waals surface area contributed by atoms with Gasteiger partial charge in [0.05, 0.1) is 41.7 Å². The van der Waals surface area contributed by atoms with Crippen LogP contribution in [0.3, 0.4) is 0 Å². The van der Waals surface area contributed by atoms with Gasteiger partial charge in [-0.2, -0.15) is 18.4 Å². The van der Waals surface area contributed by atoms with Crippen molar-refractivity contribution in [1.82, 2.24) is 4.98 Å². The van der Waals surface area contributed by atoms with E-state index >= 15 is 0 Å². The zero-order chi connectivity index (χ0) is 17.9. The fourth-order valence-corrected chi connectivity index (χ4v) is 2.37. The van der Waals surface area contributed by atoms with E-state index < -0.39 is 17.9 Å². The Morgan fingerprint density at radius 3 is 2.58 bits per heavy atom. The maximum absolute atomic E-state index is 12.9. The van der Waals surface area contributed by atoms with Crippen molar-refractivity contribution in [2.75, 3.05) is 12.4 Å². The van der Waals surface area contributed by atoms with Crippen molar-refractivity contribution in [2.45, 2.75) is 19.1 Å². The van der Waals surface area contributed by atoms with Crippen LogP contribution in [0, 0.1) is 11.3 Å². The van der Waals surface area contributed by atoms with E-state index in [1.807, 2.05) is 6.07 Å². The quantitative estimate of drug-likeness (QED) is 0.855. The second-order valence-corrected chi connectivity index (χ2v) is 5.39. The molecule has 8 heteroatoms. The number of aromatic nitrogens is 1. The number of ether oxygens (including phenoxy) is 1. The Balaban J connectivity index is 2.35. The maximum atomic E-state index is 12.9. The molecule has 0 radical (unpaired) electrons. The van der Waals surface area contributed by atoms with Gasteiger partial charge in [0.15, 0.2) is 0 Å². The highest BCUT2D eigenvalue weighted by Crippen LogP contribution is 2.35. The summed E-state index contributed by atoms with van der Waals surface area (Å²) in [7, 11) is 1.36. The lowest BCUT2D eigenvalue weighted by molar-refractivity contribution is -0.141. The molecule has 24 heavy (non-hydrogen) atoms. The number of halogens is 4. The topological polar surface area (TPSA) is 57.9 Å². The molecule has 4 nitrogen and oxygen atoms in total. The minimum Gasteiger partial charge on any atom is -0.495 e. The van der Waals surface area contributed by atoms with Crippen LogP contribution in [0.25, 0.3) is 0 Å². The van der Waals surface area contributed by atoms with E-state index in [9.17, 15) is 13.2 Å². The number of anilines is 1. The van der Waals surface area contributed by atoms with Crippen LogP contribution < -0.4 is 10.1 Å². The van der Waals surface area contributed by atoms with E-state index in [4.69, 9.17) is 21.6 Å². The highest BCUT2D eigenvalue weighted by atomic mass is 35.5. The van der Waals surface area contributed by atoms with Gasteiger partial charge in [-0.25, -0.2) is 4.98 Å². The predicted molar refractivity (Wildman–Crippen MR) is 84.0 cm³/mol. The van der Waals surface area contributed by atoms with Gasteiger partial charge in [-0.1, -0.05) is 11.6 Å². The van der Waals surface area contributed by atoms with E-state index in [0.29, 0.717) is 21.8 Å². The zero-order valence-electron chi connectivity index (χ0n) is 12.8. The molecule has 0 spiro atoms. The zero-order valence-corrected chi connectivity index (χ0v) is 13.5. The number of methoxy groups -OCH3 is 1. The summed E-state index contributed by atoms with van der Waals surface area (Å²) in [6.07, 6.45) is -3.51. The van der Waals surface area contributed by atoms with E-state index in [0.717, 1.165) is 12.3 Å². The molecule has 0 aliphatic carbocycles. The molecule has 0 unspecified atom stereocenters. The van der Waals surface area contributed by atoms with E-state index in [2.05, 4.69) is 10.3 Å². The lowest BCUT2D eigenvalue weighted by Gasteiger charge is -2.20. The third-order valence-electron chi connectivity index (χ3n) is 3.34. The van der Waals surface area contributed by atoms with Gasteiger partial charge in [-0.05, 0) is 31.2 Å². The Kier molecular flexibility index (Phi) is 5.20. The third kappa shape index (κ3) is 3.89. The summed E-state index contributed by atoms with van der Waals surface area (Å²) in [5.41, 5.74) is 0.174. The van der Waals surface area contributed by atoms with Gasteiger partial charge in [-0.3, -0.25) is 0 Å². The number of hydrogen-bond donors (Lipinski definition) is 1. The van der Waals surface area contributed by atoms with Gasteiger partial charge in [0.25, 0.3) is 0 Å². The van der Waals surface area contributed by atoms with Crippen molar-refractivity contribution in [1.29, 1.82) is 5.26 Å². The molecule has 0 aliphatic rings. The van der Waals surface area contributed by atoms with Gasteiger partial charge < -0.3 is 10.1 Å². The van der Waals surface area contributed by atoms with Crippen molar-refractivity contribution >= 4 is 17.3 Å². The average Bonchev–Trinajstić information content (AvgIpc) is 2.55. The summed E-state index contributed by atoms with van der Waals surface area (Å²) in [6.45, 7) is 1.67. The van der Waals surface area contributed by atoms with Crippen LogP contribution in [-0.2, 0) is 6.18 Å². The number of rotatable bonds is 4. The molecule has 0 aliphatic heterocycles. The van der Waals surface area contributed by atoms with Crippen molar-refractivity contribution < 1.29 is 17.9 Å². The van der Waals surface area contributed by atoms with Gasteiger partial charge in [-0.15, -0.1) is 0 Å². The Labute approximate surface area is 141 Å².